The number of nitrogens with one attached hydrogen (secondary N) is 1. The minimum Gasteiger partial charge on any atom is -0.392 e. The first-order valence-electron chi connectivity index (χ1n) is 8.43. The maximum Gasteiger partial charge on any atom is 0.220 e. The Bertz CT molecular complexity index is 487. The van der Waals surface area contributed by atoms with Crippen molar-refractivity contribution in [3.63, 3.8) is 0 Å². The standard InChI is InChI=1S/C18H26N2O2/c21-17-10-16(11-19-18(22)9-8-14-6-7-14)20(13-17)12-15-4-2-1-3-5-15/h1-5,14,16-17,21H,6-13H2,(H,19,22). The molecule has 0 bridgehead atoms. The topological polar surface area (TPSA) is 52.6 Å². The van der Waals surface area contributed by atoms with Crippen molar-refractivity contribution >= 4 is 5.91 Å². The molecule has 0 radical (unpaired) electrons. The molecule has 2 aliphatic rings. The molecule has 1 amide bonds. The summed E-state index contributed by atoms with van der Waals surface area (Å²) in [5.41, 5.74) is 1.25. The van der Waals surface area contributed by atoms with Gasteiger partial charge in [-0.2, -0.15) is 0 Å². The first-order chi connectivity index (χ1) is 10.7. The molecule has 2 atom stereocenters. The van der Waals surface area contributed by atoms with Crippen LogP contribution in [0, 0.1) is 5.92 Å². The number of carbonyl (C=O) groups excluding carboxylic acids is 1. The molecule has 4 nitrogen and oxygen atoms in total. The number of hydrogen-bond donors (Lipinski definition) is 2. The van der Waals surface area contributed by atoms with Crippen LogP contribution in [0.5, 0.6) is 0 Å². The van der Waals surface area contributed by atoms with Crippen molar-refractivity contribution in [2.75, 3.05) is 13.1 Å². The van der Waals surface area contributed by atoms with E-state index in [4.69, 9.17) is 0 Å². The zero-order chi connectivity index (χ0) is 15.4. The number of benzene rings is 1. The molecule has 1 aromatic rings. The molecule has 1 aromatic carbocycles. The van der Waals surface area contributed by atoms with Crippen LogP contribution in [-0.2, 0) is 11.3 Å². The third-order valence-corrected chi connectivity index (χ3v) is 4.75. The Morgan fingerprint density at radius 3 is 2.77 bits per heavy atom. The van der Waals surface area contributed by atoms with Gasteiger partial charge in [0.15, 0.2) is 0 Å². The number of amides is 1. The molecule has 4 heteroatoms. The molecular formula is C18H26N2O2. The smallest absolute Gasteiger partial charge is 0.220 e. The summed E-state index contributed by atoms with van der Waals surface area (Å²) >= 11 is 0. The third-order valence-electron chi connectivity index (χ3n) is 4.75. The lowest BCUT2D eigenvalue weighted by atomic mass is 10.1. The van der Waals surface area contributed by atoms with E-state index in [1.807, 2.05) is 18.2 Å². The summed E-state index contributed by atoms with van der Waals surface area (Å²) in [4.78, 5) is 14.2. The minimum atomic E-state index is -0.280. The second kappa shape index (κ2) is 7.25. The monoisotopic (exact) mass is 302 g/mol. The van der Waals surface area contributed by atoms with Gasteiger partial charge in [-0.15, -0.1) is 0 Å². The van der Waals surface area contributed by atoms with E-state index >= 15 is 0 Å². The van der Waals surface area contributed by atoms with Crippen LogP contribution in [0.2, 0.25) is 0 Å². The normalized spacial score (nSPS) is 25.3. The van der Waals surface area contributed by atoms with Crippen molar-refractivity contribution in [3.05, 3.63) is 35.9 Å². The maximum atomic E-state index is 11.9. The molecule has 120 valence electrons. The first-order valence-corrected chi connectivity index (χ1v) is 8.43. The van der Waals surface area contributed by atoms with Crippen LogP contribution in [0.15, 0.2) is 30.3 Å². The molecular weight excluding hydrogens is 276 g/mol. The molecule has 1 aliphatic carbocycles. The van der Waals surface area contributed by atoms with Crippen molar-refractivity contribution in [1.29, 1.82) is 0 Å². The number of β-amino-alcohol motifs (C(OH)–C–C–N with tert-alkyl or cyclic N) is 1. The number of carbonyl (C=O) groups is 1. The molecule has 2 unspecified atom stereocenters. The van der Waals surface area contributed by atoms with Gasteiger partial charge in [0, 0.05) is 32.1 Å². The number of aliphatic hydroxyl groups is 1. The summed E-state index contributed by atoms with van der Waals surface area (Å²) < 4.78 is 0. The number of nitrogens with zero attached hydrogens (tertiary/aromatic N) is 1. The Hall–Kier alpha value is -1.39. The average molecular weight is 302 g/mol. The molecule has 1 heterocycles. The third kappa shape index (κ3) is 4.55. The summed E-state index contributed by atoms with van der Waals surface area (Å²) in [7, 11) is 0. The zero-order valence-corrected chi connectivity index (χ0v) is 13.1. The summed E-state index contributed by atoms with van der Waals surface area (Å²) in [5.74, 6) is 0.960. The molecule has 1 saturated carbocycles. The Kier molecular flexibility index (Phi) is 5.11. The van der Waals surface area contributed by atoms with Crippen LogP contribution in [0.4, 0.5) is 0 Å². The molecule has 3 rings (SSSR count). The highest BCUT2D eigenvalue weighted by Gasteiger charge is 2.31. The van der Waals surface area contributed by atoms with Gasteiger partial charge in [-0.05, 0) is 24.3 Å². The Labute approximate surface area is 132 Å². The van der Waals surface area contributed by atoms with Gasteiger partial charge in [-0.25, -0.2) is 0 Å². The zero-order valence-electron chi connectivity index (χ0n) is 13.1. The second-order valence-corrected chi connectivity index (χ2v) is 6.74. The van der Waals surface area contributed by atoms with E-state index in [2.05, 4.69) is 22.3 Å². The number of likely N-dealkylation sites (tertiary alicyclic amines) is 1. The van der Waals surface area contributed by atoms with E-state index < -0.39 is 0 Å². The molecule has 0 spiro atoms. The SMILES string of the molecule is O=C(CCC1CC1)NCC1CC(O)CN1Cc1ccccc1. The van der Waals surface area contributed by atoms with Crippen LogP contribution < -0.4 is 5.32 Å². The van der Waals surface area contributed by atoms with Gasteiger partial charge in [-0.3, -0.25) is 9.69 Å². The van der Waals surface area contributed by atoms with Gasteiger partial charge >= 0.3 is 0 Å². The second-order valence-electron chi connectivity index (χ2n) is 6.74. The lowest BCUT2D eigenvalue weighted by molar-refractivity contribution is -0.121. The highest BCUT2D eigenvalue weighted by atomic mass is 16.3. The molecule has 1 aliphatic heterocycles. The van der Waals surface area contributed by atoms with E-state index in [-0.39, 0.29) is 18.1 Å². The number of aliphatic hydroxyl groups excluding tert-OH is 1. The fourth-order valence-electron chi connectivity index (χ4n) is 3.24. The molecule has 22 heavy (non-hydrogen) atoms. The van der Waals surface area contributed by atoms with Crippen LogP contribution in [-0.4, -0.2) is 41.1 Å². The largest absolute Gasteiger partial charge is 0.392 e. The van der Waals surface area contributed by atoms with Crippen molar-refractivity contribution in [2.45, 2.75) is 50.8 Å². The highest BCUT2D eigenvalue weighted by Crippen LogP contribution is 2.33. The Morgan fingerprint density at radius 2 is 2.05 bits per heavy atom. The van der Waals surface area contributed by atoms with E-state index in [0.29, 0.717) is 19.5 Å². The van der Waals surface area contributed by atoms with Gasteiger partial charge in [0.05, 0.1) is 6.10 Å². The van der Waals surface area contributed by atoms with Crippen molar-refractivity contribution in [2.24, 2.45) is 5.92 Å². The minimum absolute atomic E-state index is 0.160. The molecule has 1 saturated heterocycles. The first kappa shape index (κ1) is 15.5. The summed E-state index contributed by atoms with van der Waals surface area (Å²) in [5, 5.41) is 13.0. The maximum absolute atomic E-state index is 11.9. The van der Waals surface area contributed by atoms with Crippen LogP contribution in [0.25, 0.3) is 0 Å². The molecule has 0 aromatic heterocycles. The predicted molar refractivity (Wildman–Crippen MR) is 86.2 cm³/mol. The fraction of sp³-hybridized carbons (Fsp3) is 0.611. The molecule has 2 fully saturated rings. The van der Waals surface area contributed by atoms with E-state index in [1.54, 1.807) is 0 Å². The quantitative estimate of drug-likeness (QED) is 0.809. The summed E-state index contributed by atoms with van der Waals surface area (Å²) in [6, 6.07) is 10.5. The van der Waals surface area contributed by atoms with Gasteiger partial charge in [0.25, 0.3) is 0 Å². The Balaban J connectivity index is 1.46. The number of hydrogen-bond acceptors (Lipinski definition) is 3. The van der Waals surface area contributed by atoms with Gasteiger partial charge < -0.3 is 10.4 Å². The highest BCUT2D eigenvalue weighted by molar-refractivity contribution is 5.75. The van der Waals surface area contributed by atoms with Crippen LogP contribution in [0.3, 0.4) is 0 Å². The molecule has 2 N–H and O–H groups in total. The van der Waals surface area contributed by atoms with E-state index in [9.17, 15) is 9.90 Å². The van der Waals surface area contributed by atoms with Crippen LogP contribution in [0.1, 0.15) is 37.7 Å². The van der Waals surface area contributed by atoms with E-state index in [0.717, 1.165) is 25.3 Å². The van der Waals surface area contributed by atoms with Crippen LogP contribution >= 0.6 is 0 Å². The van der Waals surface area contributed by atoms with Crippen molar-refractivity contribution in [3.8, 4) is 0 Å². The Morgan fingerprint density at radius 1 is 1.27 bits per heavy atom. The van der Waals surface area contributed by atoms with Crippen molar-refractivity contribution in [1.82, 2.24) is 10.2 Å². The predicted octanol–water partition coefficient (Wildman–Crippen LogP) is 1.93. The van der Waals surface area contributed by atoms with Gasteiger partial charge in [-0.1, -0.05) is 43.2 Å². The lowest BCUT2D eigenvalue weighted by Gasteiger charge is -2.24. The van der Waals surface area contributed by atoms with Gasteiger partial charge in [0.2, 0.25) is 5.91 Å². The lowest BCUT2D eigenvalue weighted by Crippen LogP contribution is -2.39. The van der Waals surface area contributed by atoms with E-state index in [1.165, 1.54) is 18.4 Å². The fourth-order valence-corrected chi connectivity index (χ4v) is 3.24. The summed E-state index contributed by atoms with van der Waals surface area (Å²) in [6.45, 7) is 2.17. The number of rotatable bonds is 7. The average Bonchev–Trinajstić information content (AvgIpc) is 3.28. The van der Waals surface area contributed by atoms with Crippen molar-refractivity contribution < 1.29 is 9.90 Å². The summed E-state index contributed by atoms with van der Waals surface area (Å²) in [6.07, 6.45) is 4.75. The van der Waals surface area contributed by atoms with Gasteiger partial charge in [0.1, 0.15) is 0 Å².